The number of nitrogens with zero attached hydrogens (tertiary/aromatic N) is 1. The van der Waals surface area contributed by atoms with Crippen molar-refractivity contribution in [2.45, 2.75) is 33.2 Å². The molecule has 1 amide bonds. The summed E-state index contributed by atoms with van der Waals surface area (Å²) in [5, 5.41) is 3.56. The molecular weight excluding hydrogens is 272 g/mol. The number of amides is 1. The Balaban J connectivity index is 0.000000956. The highest BCUT2D eigenvalue weighted by Gasteiger charge is 2.18. The Morgan fingerprint density at radius 1 is 1.25 bits per heavy atom. The molecule has 1 fully saturated rings. The molecular formula is C16H25ClN2O. The number of nitrogens with one attached hydrogen (secondary N) is 1. The van der Waals surface area contributed by atoms with Crippen LogP contribution in [-0.2, 0) is 11.3 Å². The largest absolute Gasteiger partial charge is 0.358 e. The van der Waals surface area contributed by atoms with E-state index in [2.05, 4.69) is 22.3 Å². The van der Waals surface area contributed by atoms with Crippen LogP contribution in [0.1, 0.15) is 32.3 Å². The van der Waals surface area contributed by atoms with Crippen molar-refractivity contribution >= 4 is 18.0 Å². The zero-order valence-electron chi connectivity index (χ0n) is 12.4. The Morgan fingerprint density at radius 3 is 2.40 bits per heavy atom. The summed E-state index contributed by atoms with van der Waals surface area (Å²) in [6.45, 7) is 8.02. The summed E-state index contributed by atoms with van der Waals surface area (Å²) in [4.78, 5) is 12.7. The summed E-state index contributed by atoms with van der Waals surface area (Å²) in [6.07, 6.45) is 3.11. The van der Waals surface area contributed by atoms with E-state index in [4.69, 9.17) is 11.6 Å². The van der Waals surface area contributed by atoms with Gasteiger partial charge >= 0.3 is 0 Å². The van der Waals surface area contributed by atoms with Gasteiger partial charge in [-0.15, -0.1) is 0 Å². The van der Waals surface area contributed by atoms with E-state index in [1.807, 2.05) is 26.0 Å². The van der Waals surface area contributed by atoms with Crippen LogP contribution in [0.5, 0.6) is 0 Å². The number of carbonyl (C=O) groups is 1. The minimum Gasteiger partial charge on any atom is -0.358 e. The van der Waals surface area contributed by atoms with Gasteiger partial charge in [0.2, 0.25) is 6.41 Å². The second-order valence-corrected chi connectivity index (χ2v) is 5.31. The zero-order valence-corrected chi connectivity index (χ0v) is 13.2. The molecule has 0 bridgehead atoms. The van der Waals surface area contributed by atoms with E-state index < -0.39 is 0 Å². The first kappa shape index (κ1) is 17.0. The van der Waals surface area contributed by atoms with Gasteiger partial charge in [-0.2, -0.15) is 0 Å². The third-order valence-electron chi connectivity index (χ3n) is 3.52. The Bertz CT molecular complexity index is 373. The molecule has 0 aliphatic carbocycles. The number of likely N-dealkylation sites (tertiary alicyclic amines) is 1. The molecule has 3 nitrogen and oxygen atoms in total. The van der Waals surface area contributed by atoms with E-state index in [1.165, 1.54) is 5.56 Å². The molecule has 112 valence electrons. The number of benzene rings is 1. The first-order valence-electron chi connectivity index (χ1n) is 7.42. The molecule has 1 heterocycles. The van der Waals surface area contributed by atoms with Crippen molar-refractivity contribution in [1.29, 1.82) is 0 Å². The number of rotatable bonds is 5. The van der Waals surface area contributed by atoms with Crippen LogP contribution in [0.3, 0.4) is 0 Å². The maximum Gasteiger partial charge on any atom is 0.207 e. The Kier molecular flexibility index (Phi) is 8.31. The van der Waals surface area contributed by atoms with Crippen molar-refractivity contribution in [3.63, 3.8) is 0 Å². The van der Waals surface area contributed by atoms with Crippen molar-refractivity contribution in [3.8, 4) is 0 Å². The van der Waals surface area contributed by atoms with Crippen molar-refractivity contribution < 1.29 is 4.79 Å². The fourth-order valence-corrected chi connectivity index (χ4v) is 2.54. The molecule has 2 rings (SSSR count). The highest BCUT2D eigenvalue weighted by molar-refractivity contribution is 6.30. The second kappa shape index (κ2) is 9.78. The highest BCUT2D eigenvalue weighted by Crippen LogP contribution is 2.19. The van der Waals surface area contributed by atoms with E-state index in [9.17, 15) is 4.79 Å². The van der Waals surface area contributed by atoms with Crippen LogP contribution in [0.2, 0.25) is 5.02 Å². The normalized spacial score (nSPS) is 16.1. The maximum atomic E-state index is 10.2. The third kappa shape index (κ3) is 5.93. The van der Waals surface area contributed by atoms with Gasteiger partial charge in [0.25, 0.3) is 0 Å². The smallest absolute Gasteiger partial charge is 0.207 e. The van der Waals surface area contributed by atoms with Crippen LogP contribution in [0.25, 0.3) is 0 Å². The average molecular weight is 297 g/mol. The quantitative estimate of drug-likeness (QED) is 0.845. The Morgan fingerprint density at radius 2 is 1.85 bits per heavy atom. The summed E-state index contributed by atoms with van der Waals surface area (Å²) >= 11 is 5.87. The van der Waals surface area contributed by atoms with E-state index in [1.54, 1.807) is 0 Å². The molecule has 1 aromatic carbocycles. The number of hydrogen-bond donors (Lipinski definition) is 1. The molecule has 1 aliphatic rings. The van der Waals surface area contributed by atoms with E-state index >= 15 is 0 Å². The predicted molar refractivity (Wildman–Crippen MR) is 84.9 cm³/mol. The monoisotopic (exact) mass is 296 g/mol. The van der Waals surface area contributed by atoms with Gasteiger partial charge in [-0.1, -0.05) is 37.6 Å². The van der Waals surface area contributed by atoms with Crippen LogP contribution < -0.4 is 5.32 Å². The van der Waals surface area contributed by atoms with Gasteiger partial charge in [0.1, 0.15) is 0 Å². The van der Waals surface area contributed by atoms with Gasteiger partial charge < -0.3 is 5.32 Å². The Hall–Kier alpha value is -1.06. The van der Waals surface area contributed by atoms with E-state index in [0.29, 0.717) is 5.92 Å². The molecule has 0 radical (unpaired) electrons. The first-order chi connectivity index (χ1) is 9.78. The van der Waals surface area contributed by atoms with Gasteiger partial charge in [-0.25, -0.2) is 0 Å². The fraction of sp³-hybridized carbons (Fsp3) is 0.562. The van der Waals surface area contributed by atoms with Gasteiger partial charge in [-0.3, -0.25) is 9.69 Å². The third-order valence-corrected chi connectivity index (χ3v) is 3.77. The molecule has 0 atom stereocenters. The molecule has 0 aromatic heterocycles. The summed E-state index contributed by atoms with van der Waals surface area (Å²) in [6, 6.07) is 8.06. The Labute approximate surface area is 127 Å². The maximum absolute atomic E-state index is 10.2. The lowest BCUT2D eigenvalue weighted by Gasteiger charge is -2.31. The van der Waals surface area contributed by atoms with Crippen LogP contribution in [0.4, 0.5) is 0 Å². The summed E-state index contributed by atoms with van der Waals surface area (Å²) in [5.74, 6) is 0.636. The lowest BCUT2D eigenvalue weighted by Crippen LogP contribution is -2.36. The minimum atomic E-state index is 0.636. The molecule has 0 unspecified atom stereocenters. The fourth-order valence-electron chi connectivity index (χ4n) is 2.41. The standard InChI is InChI=1S/C14H19ClN2O.C2H6/c15-14-3-1-13(2-4-14)10-17-7-5-12(6-8-17)9-16-11-18;1-2/h1-4,11-12H,5-10H2,(H,16,18);1-2H3. The zero-order chi connectivity index (χ0) is 14.8. The molecule has 20 heavy (non-hydrogen) atoms. The number of hydrogen-bond acceptors (Lipinski definition) is 2. The van der Waals surface area contributed by atoms with Gasteiger partial charge in [0.15, 0.2) is 0 Å². The molecule has 0 saturated carbocycles. The van der Waals surface area contributed by atoms with Crippen LogP contribution in [-0.4, -0.2) is 30.9 Å². The topological polar surface area (TPSA) is 32.3 Å². The van der Waals surface area contributed by atoms with Crippen molar-refractivity contribution in [2.75, 3.05) is 19.6 Å². The number of carbonyl (C=O) groups excluding carboxylic acids is 1. The van der Waals surface area contributed by atoms with Gasteiger partial charge in [0, 0.05) is 18.1 Å². The highest BCUT2D eigenvalue weighted by atomic mass is 35.5. The van der Waals surface area contributed by atoms with Gasteiger partial charge in [0.05, 0.1) is 0 Å². The van der Waals surface area contributed by atoms with Crippen molar-refractivity contribution in [3.05, 3.63) is 34.9 Å². The first-order valence-corrected chi connectivity index (χ1v) is 7.79. The van der Waals surface area contributed by atoms with Gasteiger partial charge in [-0.05, 0) is 49.5 Å². The van der Waals surface area contributed by atoms with E-state index in [-0.39, 0.29) is 0 Å². The molecule has 1 saturated heterocycles. The predicted octanol–water partition coefficient (Wildman–Crippen LogP) is 3.32. The molecule has 1 N–H and O–H groups in total. The van der Waals surface area contributed by atoms with Crippen molar-refractivity contribution in [2.24, 2.45) is 5.92 Å². The SMILES string of the molecule is CC.O=CNCC1CCN(Cc2ccc(Cl)cc2)CC1. The second-order valence-electron chi connectivity index (χ2n) is 4.87. The summed E-state index contributed by atoms with van der Waals surface area (Å²) in [7, 11) is 0. The lowest BCUT2D eigenvalue weighted by atomic mass is 9.96. The van der Waals surface area contributed by atoms with Crippen molar-refractivity contribution in [1.82, 2.24) is 10.2 Å². The lowest BCUT2D eigenvalue weighted by molar-refractivity contribution is -0.109. The average Bonchev–Trinajstić information content (AvgIpc) is 2.51. The summed E-state index contributed by atoms with van der Waals surface area (Å²) < 4.78 is 0. The minimum absolute atomic E-state index is 0.636. The van der Waals surface area contributed by atoms with Crippen LogP contribution >= 0.6 is 11.6 Å². The molecule has 0 spiro atoms. The number of piperidine rings is 1. The summed E-state index contributed by atoms with van der Waals surface area (Å²) in [5.41, 5.74) is 1.31. The van der Waals surface area contributed by atoms with E-state index in [0.717, 1.165) is 50.5 Å². The van der Waals surface area contributed by atoms with Crippen LogP contribution in [0, 0.1) is 5.92 Å². The molecule has 1 aliphatic heterocycles. The molecule has 4 heteroatoms. The van der Waals surface area contributed by atoms with Crippen LogP contribution in [0.15, 0.2) is 24.3 Å². The number of halogens is 1. The molecule has 1 aromatic rings.